The molecule has 0 saturated carbocycles. The van der Waals surface area contributed by atoms with E-state index in [0.717, 1.165) is 25.1 Å². The van der Waals surface area contributed by atoms with Gasteiger partial charge in [-0.25, -0.2) is 4.68 Å². The molecule has 2 aromatic rings. The van der Waals surface area contributed by atoms with Gasteiger partial charge in [0.25, 0.3) is 5.91 Å². The van der Waals surface area contributed by atoms with Crippen LogP contribution < -0.4 is 5.73 Å². The van der Waals surface area contributed by atoms with E-state index in [1.54, 1.807) is 23.0 Å². The molecule has 1 aliphatic heterocycles. The fourth-order valence-electron chi connectivity index (χ4n) is 2.73. The van der Waals surface area contributed by atoms with Crippen molar-refractivity contribution >= 4 is 17.5 Å². The highest BCUT2D eigenvalue weighted by Gasteiger charge is 2.25. The summed E-state index contributed by atoms with van der Waals surface area (Å²) < 4.78 is 1.69. The van der Waals surface area contributed by atoms with Gasteiger partial charge in [0.05, 0.1) is 23.9 Å². The van der Waals surface area contributed by atoms with Crippen LogP contribution in [0.1, 0.15) is 34.1 Å². The first-order chi connectivity index (χ1) is 11.1. The molecular weight excluding hydrogens is 316 g/mol. The van der Waals surface area contributed by atoms with Gasteiger partial charge in [-0.3, -0.25) is 9.69 Å². The Morgan fingerprint density at radius 2 is 2.35 bits per heavy atom. The predicted octanol–water partition coefficient (Wildman–Crippen LogP) is 1.35. The molecule has 1 aromatic carbocycles. The van der Waals surface area contributed by atoms with E-state index in [4.69, 9.17) is 22.6 Å². The van der Waals surface area contributed by atoms with Crippen LogP contribution in [0.4, 0.5) is 0 Å². The molecule has 0 bridgehead atoms. The van der Waals surface area contributed by atoms with Gasteiger partial charge >= 0.3 is 0 Å². The lowest BCUT2D eigenvalue weighted by Gasteiger charge is -2.17. The van der Waals surface area contributed by atoms with E-state index in [2.05, 4.69) is 21.3 Å². The fraction of sp³-hybridized carbons (Fsp3) is 0.333. The molecule has 118 valence electrons. The third-order valence-corrected chi connectivity index (χ3v) is 4.31. The molecule has 1 aromatic heterocycles. The number of hydrogen-bond donors (Lipinski definition) is 1. The van der Waals surface area contributed by atoms with Crippen LogP contribution in [0.25, 0.3) is 0 Å². The summed E-state index contributed by atoms with van der Waals surface area (Å²) in [5, 5.41) is 17.2. The molecule has 2 N–H and O–H groups in total. The fourth-order valence-corrected chi connectivity index (χ4v) is 2.97. The summed E-state index contributed by atoms with van der Waals surface area (Å²) in [6.45, 7) is 2.39. The maximum Gasteiger partial charge on any atom is 0.270 e. The molecule has 1 saturated heterocycles. The van der Waals surface area contributed by atoms with E-state index in [0.29, 0.717) is 17.1 Å². The van der Waals surface area contributed by atoms with E-state index >= 15 is 0 Å². The number of nitriles is 1. The Morgan fingerprint density at radius 1 is 1.52 bits per heavy atom. The first kappa shape index (κ1) is 15.5. The molecule has 1 fully saturated rings. The Bertz CT molecular complexity index is 781. The molecule has 0 radical (unpaired) electrons. The van der Waals surface area contributed by atoms with Gasteiger partial charge < -0.3 is 5.73 Å². The SMILES string of the molecule is N#Cc1ccc(CN2CCC(n3cc(C(N)=O)nn3)C2)c(Cl)c1. The van der Waals surface area contributed by atoms with E-state index in [1.807, 2.05) is 6.07 Å². The van der Waals surface area contributed by atoms with Gasteiger partial charge in [-0.1, -0.05) is 22.9 Å². The van der Waals surface area contributed by atoms with Crippen molar-refractivity contribution < 1.29 is 4.79 Å². The van der Waals surface area contributed by atoms with Crippen molar-refractivity contribution in [3.63, 3.8) is 0 Å². The Kier molecular flexibility index (Phi) is 4.28. The molecule has 23 heavy (non-hydrogen) atoms. The number of benzene rings is 1. The molecule has 8 heteroatoms. The minimum atomic E-state index is -0.574. The molecule has 1 amide bonds. The summed E-state index contributed by atoms with van der Waals surface area (Å²) in [6, 6.07) is 7.57. The smallest absolute Gasteiger partial charge is 0.270 e. The number of likely N-dealkylation sites (tertiary alicyclic amines) is 1. The number of aromatic nitrogens is 3. The van der Waals surface area contributed by atoms with Gasteiger partial charge in [0, 0.05) is 24.7 Å². The summed E-state index contributed by atoms with van der Waals surface area (Å²) in [7, 11) is 0. The van der Waals surface area contributed by atoms with E-state index in [-0.39, 0.29) is 11.7 Å². The highest BCUT2D eigenvalue weighted by atomic mass is 35.5. The summed E-state index contributed by atoms with van der Waals surface area (Å²) in [6.07, 6.45) is 2.50. The highest BCUT2D eigenvalue weighted by molar-refractivity contribution is 6.31. The first-order valence-electron chi connectivity index (χ1n) is 7.19. The van der Waals surface area contributed by atoms with E-state index in [1.165, 1.54) is 0 Å². The van der Waals surface area contributed by atoms with Crippen LogP contribution >= 0.6 is 11.6 Å². The number of hydrogen-bond acceptors (Lipinski definition) is 5. The van der Waals surface area contributed by atoms with Crippen molar-refractivity contribution in [2.45, 2.75) is 19.0 Å². The molecule has 3 rings (SSSR count). The van der Waals surface area contributed by atoms with Gasteiger partial charge in [-0.05, 0) is 24.1 Å². The van der Waals surface area contributed by atoms with Crippen LogP contribution in [0, 0.1) is 11.3 Å². The standard InChI is InChI=1S/C15H15ClN6O/c16-13-5-10(6-17)1-2-11(13)7-21-4-3-12(8-21)22-9-14(15(18)23)19-20-22/h1-2,5,9,12H,3-4,7-8H2,(H2,18,23). The van der Waals surface area contributed by atoms with Gasteiger partial charge in [-0.15, -0.1) is 5.10 Å². The average molecular weight is 331 g/mol. The Morgan fingerprint density at radius 3 is 3.00 bits per heavy atom. The maximum absolute atomic E-state index is 11.1. The highest BCUT2D eigenvalue weighted by Crippen LogP contribution is 2.25. The molecule has 1 atom stereocenters. The molecule has 2 heterocycles. The number of carbonyl (C=O) groups is 1. The van der Waals surface area contributed by atoms with Crippen molar-refractivity contribution in [1.29, 1.82) is 5.26 Å². The van der Waals surface area contributed by atoms with Crippen LogP contribution in [0.2, 0.25) is 5.02 Å². The zero-order chi connectivity index (χ0) is 16.4. The summed E-state index contributed by atoms with van der Waals surface area (Å²) >= 11 is 6.22. The Hall–Kier alpha value is -2.43. The number of nitrogens with two attached hydrogens (primary N) is 1. The van der Waals surface area contributed by atoms with Crippen molar-refractivity contribution in [2.75, 3.05) is 13.1 Å². The van der Waals surface area contributed by atoms with Gasteiger partial charge in [0.15, 0.2) is 5.69 Å². The van der Waals surface area contributed by atoms with Crippen LogP contribution in [-0.2, 0) is 6.54 Å². The van der Waals surface area contributed by atoms with Crippen molar-refractivity contribution in [3.05, 3.63) is 46.2 Å². The van der Waals surface area contributed by atoms with Crippen LogP contribution in [-0.4, -0.2) is 38.9 Å². The van der Waals surface area contributed by atoms with Crippen molar-refractivity contribution in [1.82, 2.24) is 19.9 Å². The van der Waals surface area contributed by atoms with E-state index in [9.17, 15) is 4.79 Å². The zero-order valence-electron chi connectivity index (χ0n) is 12.3. The average Bonchev–Trinajstić information content (AvgIpc) is 3.18. The molecule has 1 aliphatic rings. The second-order valence-electron chi connectivity index (χ2n) is 5.54. The Labute approximate surface area is 138 Å². The number of primary amides is 1. The van der Waals surface area contributed by atoms with Gasteiger partial charge in [0.1, 0.15) is 0 Å². The molecule has 0 spiro atoms. The third kappa shape index (κ3) is 3.33. The minimum absolute atomic E-state index is 0.160. The third-order valence-electron chi connectivity index (χ3n) is 3.96. The number of rotatable bonds is 4. The summed E-state index contributed by atoms with van der Waals surface area (Å²) in [5.41, 5.74) is 6.92. The number of halogens is 1. The monoisotopic (exact) mass is 330 g/mol. The number of carbonyl (C=O) groups excluding carboxylic acids is 1. The zero-order valence-corrected chi connectivity index (χ0v) is 13.1. The van der Waals surface area contributed by atoms with Gasteiger partial charge in [-0.2, -0.15) is 5.26 Å². The van der Waals surface area contributed by atoms with Crippen LogP contribution in [0.3, 0.4) is 0 Å². The topological polar surface area (TPSA) is 101 Å². The normalized spacial score (nSPS) is 18.0. The van der Waals surface area contributed by atoms with Crippen LogP contribution in [0.5, 0.6) is 0 Å². The molecular formula is C15H15ClN6O. The second-order valence-corrected chi connectivity index (χ2v) is 5.95. The Balaban J connectivity index is 1.66. The van der Waals surface area contributed by atoms with Crippen LogP contribution in [0.15, 0.2) is 24.4 Å². The molecule has 7 nitrogen and oxygen atoms in total. The predicted molar refractivity (Wildman–Crippen MR) is 83.6 cm³/mol. The number of nitrogens with zero attached hydrogens (tertiary/aromatic N) is 5. The first-order valence-corrected chi connectivity index (χ1v) is 7.57. The minimum Gasteiger partial charge on any atom is -0.364 e. The second kappa shape index (κ2) is 6.36. The van der Waals surface area contributed by atoms with Crippen molar-refractivity contribution in [2.24, 2.45) is 5.73 Å². The molecule has 0 aliphatic carbocycles. The maximum atomic E-state index is 11.1. The van der Waals surface area contributed by atoms with Crippen molar-refractivity contribution in [3.8, 4) is 6.07 Å². The lowest BCUT2D eigenvalue weighted by molar-refractivity contribution is 0.0995. The molecule has 1 unspecified atom stereocenters. The summed E-state index contributed by atoms with van der Waals surface area (Å²) in [4.78, 5) is 13.3. The lowest BCUT2D eigenvalue weighted by atomic mass is 10.1. The van der Waals surface area contributed by atoms with E-state index < -0.39 is 5.91 Å². The largest absolute Gasteiger partial charge is 0.364 e. The lowest BCUT2D eigenvalue weighted by Crippen LogP contribution is -2.21. The summed E-state index contributed by atoms with van der Waals surface area (Å²) in [5.74, 6) is -0.574. The quantitative estimate of drug-likeness (QED) is 0.911. The number of amides is 1. The van der Waals surface area contributed by atoms with Gasteiger partial charge in [0.2, 0.25) is 0 Å².